The Morgan fingerprint density at radius 2 is 2.06 bits per heavy atom. The van der Waals surface area contributed by atoms with Crippen LogP contribution in [0.3, 0.4) is 0 Å². The van der Waals surface area contributed by atoms with Crippen molar-refractivity contribution in [3.05, 3.63) is 29.8 Å². The van der Waals surface area contributed by atoms with E-state index < -0.39 is 0 Å². The first kappa shape index (κ1) is 11.9. The Labute approximate surface area is 101 Å². The fourth-order valence-corrected chi connectivity index (χ4v) is 1.52. The van der Waals surface area contributed by atoms with Crippen LogP contribution in [0.1, 0.15) is 25.3 Å². The number of amides is 2. The molecule has 0 aromatic heterocycles. The Morgan fingerprint density at radius 3 is 2.59 bits per heavy atom. The molecule has 1 fully saturated rings. The average Bonchev–Trinajstić information content (AvgIpc) is 3.11. The van der Waals surface area contributed by atoms with Gasteiger partial charge >= 0.3 is 6.03 Å². The summed E-state index contributed by atoms with van der Waals surface area (Å²) < 4.78 is 5.01. The van der Waals surface area contributed by atoms with Crippen molar-refractivity contribution >= 4 is 11.7 Å². The minimum absolute atomic E-state index is 0.183. The molecular weight excluding hydrogens is 216 g/mol. The molecule has 1 aromatic carbocycles. The molecule has 1 heterocycles. The van der Waals surface area contributed by atoms with Crippen LogP contribution < -0.4 is 10.6 Å². The number of anilines is 1. The second kappa shape index (κ2) is 5.19. The lowest BCUT2D eigenvalue weighted by Crippen LogP contribution is -2.31. The second-order valence-corrected chi connectivity index (χ2v) is 4.57. The average molecular weight is 234 g/mol. The van der Waals surface area contributed by atoms with E-state index in [1.165, 1.54) is 5.56 Å². The van der Waals surface area contributed by atoms with Crippen molar-refractivity contribution in [2.45, 2.75) is 25.9 Å². The van der Waals surface area contributed by atoms with Gasteiger partial charge in [-0.3, -0.25) is 0 Å². The van der Waals surface area contributed by atoms with Gasteiger partial charge in [0, 0.05) is 12.2 Å². The Kier molecular flexibility index (Phi) is 3.64. The van der Waals surface area contributed by atoms with Gasteiger partial charge in [-0.1, -0.05) is 26.0 Å². The van der Waals surface area contributed by atoms with Gasteiger partial charge in [-0.15, -0.1) is 0 Å². The molecule has 2 amide bonds. The summed E-state index contributed by atoms with van der Waals surface area (Å²) >= 11 is 0. The van der Waals surface area contributed by atoms with Crippen molar-refractivity contribution in [2.24, 2.45) is 0 Å². The van der Waals surface area contributed by atoms with Crippen molar-refractivity contribution in [1.29, 1.82) is 0 Å². The minimum Gasteiger partial charge on any atom is -0.371 e. The van der Waals surface area contributed by atoms with Gasteiger partial charge < -0.3 is 15.4 Å². The maximum Gasteiger partial charge on any atom is 0.319 e. The van der Waals surface area contributed by atoms with Gasteiger partial charge in [-0.2, -0.15) is 0 Å². The molecule has 1 aliphatic rings. The lowest BCUT2D eigenvalue weighted by atomic mass is 10.0. The van der Waals surface area contributed by atoms with E-state index in [9.17, 15) is 4.79 Å². The van der Waals surface area contributed by atoms with E-state index >= 15 is 0 Å². The van der Waals surface area contributed by atoms with E-state index in [4.69, 9.17) is 4.74 Å². The highest BCUT2D eigenvalue weighted by atomic mass is 16.6. The number of hydrogen-bond donors (Lipinski definition) is 2. The molecule has 1 atom stereocenters. The van der Waals surface area contributed by atoms with Gasteiger partial charge in [0.25, 0.3) is 0 Å². The number of rotatable bonds is 4. The Hall–Kier alpha value is -1.55. The third kappa shape index (κ3) is 3.75. The fraction of sp³-hybridized carbons (Fsp3) is 0.462. The van der Waals surface area contributed by atoms with Crippen molar-refractivity contribution < 1.29 is 9.53 Å². The molecule has 4 heteroatoms. The summed E-state index contributed by atoms with van der Waals surface area (Å²) in [6, 6.07) is 7.72. The molecule has 92 valence electrons. The van der Waals surface area contributed by atoms with Crippen LogP contribution in [-0.4, -0.2) is 25.3 Å². The lowest BCUT2D eigenvalue weighted by molar-refractivity contribution is 0.250. The molecule has 4 nitrogen and oxygen atoms in total. The van der Waals surface area contributed by atoms with Gasteiger partial charge in [0.05, 0.1) is 12.7 Å². The Balaban J connectivity index is 1.82. The second-order valence-electron chi connectivity index (χ2n) is 4.57. The predicted octanol–water partition coefficient (Wildman–Crippen LogP) is 2.33. The number of carbonyl (C=O) groups is 1. The Bertz CT molecular complexity index is 383. The number of hydrogen-bond acceptors (Lipinski definition) is 2. The van der Waals surface area contributed by atoms with E-state index in [0.717, 1.165) is 12.3 Å². The lowest BCUT2D eigenvalue weighted by Gasteiger charge is -2.09. The van der Waals surface area contributed by atoms with E-state index in [1.807, 2.05) is 24.3 Å². The summed E-state index contributed by atoms with van der Waals surface area (Å²) in [5.41, 5.74) is 2.07. The molecule has 1 aromatic rings. The quantitative estimate of drug-likeness (QED) is 0.786. The zero-order valence-corrected chi connectivity index (χ0v) is 10.2. The van der Waals surface area contributed by atoms with Gasteiger partial charge in [0.1, 0.15) is 0 Å². The molecule has 1 aliphatic heterocycles. The Morgan fingerprint density at radius 1 is 1.41 bits per heavy atom. The first-order chi connectivity index (χ1) is 8.15. The molecule has 0 bridgehead atoms. The van der Waals surface area contributed by atoms with Crippen LogP contribution in [0.4, 0.5) is 10.5 Å². The summed E-state index contributed by atoms with van der Waals surface area (Å²) in [5, 5.41) is 5.54. The molecule has 1 saturated heterocycles. The van der Waals surface area contributed by atoms with Gasteiger partial charge in [-0.05, 0) is 23.6 Å². The van der Waals surface area contributed by atoms with E-state index in [-0.39, 0.29) is 12.1 Å². The van der Waals surface area contributed by atoms with Crippen LogP contribution in [0.25, 0.3) is 0 Å². The van der Waals surface area contributed by atoms with Crippen LogP contribution in [0.5, 0.6) is 0 Å². The SMILES string of the molecule is CC(C)c1ccc(NC(=O)NC[C@H]2CO2)cc1. The normalized spacial score (nSPS) is 17.9. The smallest absolute Gasteiger partial charge is 0.319 e. The van der Waals surface area contributed by atoms with Crippen molar-refractivity contribution in [3.8, 4) is 0 Å². The summed E-state index contributed by atoms with van der Waals surface area (Å²) in [6.45, 7) is 5.62. The highest BCUT2D eigenvalue weighted by Gasteiger charge is 2.22. The van der Waals surface area contributed by atoms with Gasteiger partial charge in [0.2, 0.25) is 0 Å². The van der Waals surface area contributed by atoms with E-state index in [1.54, 1.807) is 0 Å². The fourth-order valence-electron chi connectivity index (χ4n) is 1.52. The largest absolute Gasteiger partial charge is 0.371 e. The number of urea groups is 1. The number of epoxide rings is 1. The van der Waals surface area contributed by atoms with Crippen LogP contribution >= 0.6 is 0 Å². The van der Waals surface area contributed by atoms with Gasteiger partial charge in [-0.25, -0.2) is 4.79 Å². The van der Waals surface area contributed by atoms with Crippen LogP contribution in [0.15, 0.2) is 24.3 Å². The molecule has 17 heavy (non-hydrogen) atoms. The first-order valence-electron chi connectivity index (χ1n) is 5.91. The van der Waals surface area contributed by atoms with Crippen LogP contribution in [0, 0.1) is 0 Å². The van der Waals surface area contributed by atoms with Crippen LogP contribution in [-0.2, 0) is 4.74 Å². The zero-order valence-electron chi connectivity index (χ0n) is 10.2. The third-order valence-corrected chi connectivity index (χ3v) is 2.73. The maximum atomic E-state index is 11.5. The maximum absolute atomic E-state index is 11.5. The molecular formula is C13H18N2O2. The van der Waals surface area contributed by atoms with E-state index in [0.29, 0.717) is 12.5 Å². The molecule has 0 aliphatic carbocycles. The number of carbonyl (C=O) groups excluding carboxylic acids is 1. The molecule has 2 rings (SSSR count). The summed E-state index contributed by atoms with van der Waals surface area (Å²) in [5.74, 6) is 0.505. The number of nitrogens with one attached hydrogen (secondary N) is 2. The summed E-state index contributed by atoms with van der Waals surface area (Å²) in [4.78, 5) is 11.5. The van der Waals surface area contributed by atoms with Crippen molar-refractivity contribution in [2.75, 3.05) is 18.5 Å². The number of ether oxygens (including phenoxy) is 1. The highest BCUT2D eigenvalue weighted by Crippen LogP contribution is 2.17. The van der Waals surface area contributed by atoms with Crippen molar-refractivity contribution in [1.82, 2.24) is 5.32 Å². The third-order valence-electron chi connectivity index (χ3n) is 2.73. The highest BCUT2D eigenvalue weighted by molar-refractivity contribution is 5.89. The summed E-state index contributed by atoms with van der Waals surface area (Å²) in [7, 11) is 0. The summed E-state index contributed by atoms with van der Waals surface area (Å²) in [6.07, 6.45) is 0.212. The standard InChI is InChI=1S/C13H18N2O2/c1-9(2)10-3-5-11(6-4-10)15-13(16)14-7-12-8-17-12/h3-6,9,12H,7-8H2,1-2H3,(H2,14,15,16)/t12-/m0/s1. The van der Waals surface area contributed by atoms with E-state index in [2.05, 4.69) is 24.5 Å². The van der Waals surface area contributed by atoms with Gasteiger partial charge in [0.15, 0.2) is 0 Å². The minimum atomic E-state index is -0.183. The molecule has 0 radical (unpaired) electrons. The topological polar surface area (TPSA) is 53.7 Å². The van der Waals surface area contributed by atoms with Crippen molar-refractivity contribution in [3.63, 3.8) is 0 Å². The van der Waals surface area contributed by atoms with Crippen LogP contribution in [0.2, 0.25) is 0 Å². The molecule has 0 saturated carbocycles. The monoisotopic (exact) mass is 234 g/mol. The molecule has 0 spiro atoms. The molecule has 0 unspecified atom stereocenters. The predicted molar refractivity (Wildman–Crippen MR) is 67.3 cm³/mol. The molecule has 2 N–H and O–H groups in total. The zero-order chi connectivity index (χ0) is 12.3. The number of benzene rings is 1. The first-order valence-corrected chi connectivity index (χ1v) is 5.91.